The Morgan fingerprint density at radius 2 is 1.70 bits per heavy atom. The predicted molar refractivity (Wildman–Crippen MR) is 76.5 cm³/mol. The standard InChI is InChI=1S/C15H21N3O2/c1-3-8-18(9-4-2)10-7-11-5-6-12(19)14-13(11)16-15(20)17-14/h5-6,19H,3-4,7-10H2,1-2H3. The van der Waals surface area contributed by atoms with Gasteiger partial charge < -0.3 is 10.0 Å². The molecule has 1 aliphatic heterocycles. The Bertz CT molecular complexity index is 604. The number of amides is 2. The number of nitrogens with zero attached hydrogens (tertiary/aromatic N) is 3. The fraction of sp³-hybridized carbons (Fsp3) is 0.533. The Morgan fingerprint density at radius 3 is 2.35 bits per heavy atom. The molecule has 0 unspecified atom stereocenters. The minimum atomic E-state index is -0.526. The van der Waals surface area contributed by atoms with E-state index < -0.39 is 6.03 Å². The zero-order valence-corrected chi connectivity index (χ0v) is 12.1. The fourth-order valence-corrected chi connectivity index (χ4v) is 2.51. The maximum absolute atomic E-state index is 11.3. The highest BCUT2D eigenvalue weighted by atomic mass is 16.3. The van der Waals surface area contributed by atoms with Gasteiger partial charge >= 0.3 is 6.03 Å². The first-order valence-electron chi connectivity index (χ1n) is 7.20. The molecular formula is C15H21N3O2. The Kier molecular flexibility index (Phi) is 4.84. The van der Waals surface area contributed by atoms with Crippen molar-refractivity contribution in [3.8, 4) is 5.75 Å². The van der Waals surface area contributed by atoms with Gasteiger partial charge in [0.1, 0.15) is 16.5 Å². The number of benzene rings is 1. The van der Waals surface area contributed by atoms with E-state index in [0.717, 1.165) is 44.5 Å². The Morgan fingerprint density at radius 1 is 1.05 bits per heavy atom. The highest BCUT2D eigenvalue weighted by Crippen LogP contribution is 2.05. The number of fused-ring (bicyclic) bond motifs is 1. The van der Waals surface area contributed by atoms with Crippen molar-refractivity contribution < 1.29 is 9.90 Å². The molecule has 108 valence electrons. The van der Waals surface area contributed by atoms with Gasteiger partial charge in [-0.25, -0.2) is 4.79 Å². The first kappa shape index (κ1) is 14.7. The topological polar surface area (TPSA) is 65.3 Å². The number of hydrogen-bond donors (Lipinski definition) is 1. The molecule has 0 spiro atoms. The number of aromatic hydroxyl groups is 1. The summed E-state index contributed by atoms with van der Waals surface area (Å²) >= 11 is 0. The maximum Gasteiger partial charge on any atom is 0.368 e. The van der Waals surface area contributed by atoms with Crippen LogP contribution in [0.2, 0.25) is 0 Å². The summed E-state index contributed by atoms with van der Waals surface area (Å²) in [6.07, 6.45) is 3.08. The summed E-state index contributed by atoms with van der Waals surface area (Å²) in [6, 6.07) is 2.90. The Balaban J connectivity index is 2.16. The van der Waals surface area contributed by atoms with E-state index in [1.807, 2.05) is 6.07 Å². The third-order valence-electron chi connectivity index (χ3n) is 3.41. The number of carbonyl (C=O) groups is 1. The lowest BCUT2D eigenvalue weighted by molar-refractivity contribution is 0.256. The van der Waals surface area contributed by atoms with Crippen molar-refractivity contribution >= 4 is 6.03 Å². The quantitative estimate of drug-likeness (QED) is 0.818. The lowest BCUT2D eigenvalue weighted by atomic mass is 10.1. The Hall–Kier alpha value is -1.75. The first-order valence-corrected chi connectivity index (χ1v) is 7.20. The number of phenolic OH excluding ortho intramolecular Hbond substituents is 1. The van der Waals surface area contributed by atoms with Crippen molar-refractivity contribution in [1.82, 2.24) is 4.90 Å². The number of hydrogen-bond acceptors (Lipinski definition) is 3. The number of rotatable bonds is 7. The molecule has 0 aliphatic carbocycles. The van der Waals surface area contributed by atoms with Gasteiger partial charge in [0, 0.05) is 6.54 Å². The van der Waals surface area contributed by atoms with Gasteiger partial charge in [0.05, 0.1) is 0 Å². The van der Waals surface area contributed by atoms with Crippen LogP contribution in [0.1, 0.15) is 32.3 Å². The second kappa shape index (κ2) is 6.61. The van der Waals surface area contributed by atoms with E-state index in [2.05, 4.69) is 28.7 Å². The Labute approximate surface area is 118 Å². The molecule has 1 aromatic rings. The molecule has 5 nitrogen and oxygen atoms in total. The van der Waals surface area contributed by atoms with Gasteiger partial charge in [-0.05, 0) is 44.0 Å². The molecular weight excluding hydrogens is 254 g/mol. The first-order chi connectivity index (χ1) is 9.65. The summed E-state index contributed by atoms with van der Waals surface area (Å²) in [5.74, 6) is 0.0253. The van der Waals surface area contributed by atoms with E-state index in [1.54, 1.807) is 6.07 Å². The third kappa shape index (κ3) is 3.22. The van der Waals surface area contributed by atoms with E-state index in [-0.39, 0.29) is 5.75 Å². The van der Waals surface area contributed by atoms with E-state index in [0.29, 0.717) is 10.7 Å². The molecule has 0 atom stereocenters. The highest BCUT2D eigenvalue weighted by molar-refractivity contribution is 5.78. The van der Waals surface area contributed by atoms with E-state index in [9.17, 15) is 9.90 Å². The lowest BCUT2D eigenvalue weighted by Crippen LogP contribution is -2.32. The van der Waals surface area contributed by atoms with Crippen LogP contribution in [-0.2, 0) is 6.42 Å². The summed E-state index contributed by atoms with van der Waals surface area (Å²) in [6.45, 7) is 7.44. The summed E-state index contributed by atoms with van der Waals surface area (Å²) in [4.78, 5) is 21.3. The van der Waals surface area contributed by atoms with Crippen LogP contribution >= 0.6 is 0 Å². The van der Waals surface area contributed by atoms with Crippen LogP contribution < -0.4 is 10.7 Å². The summed E-state index contributed by atoms with van der Waals surface area (Å²) in [7, 11) is 0. The highest BCUT2D eigenvalue weighted by Gasteiger charge is 2.13. The van der Waals surface area contributed by atoms with E-state index in [4.69, 9.17) is 0 Å². The minimum Gasteiger partial charge on any atom is -0.506 e. The van der Waals surface area contributed by atoms with Crippen LogP contribution in [0.15, 0.2) is 22.1 Å². The number of phenols is 1. The van der Waals surface area contributed by atoms with Crippen molar-refractivity contribution in [3.05, 3.63) is 28.4 Å². The number of urea groups is 1. The lowest BCUT2D eigenvalue weighted by Gasteiger charge is -2.20. The summed E-state index contributed by atoms with van der Waals surface area (Å²) in [5, 5.41) is 10.6. The van der Waals surface area contributed by atoms with Crippen LogP contribution in [-0.4, -0.2) is 35.7 Å². The molecule has 1 heterocycles. The van der Waals surface area contributed by atoms with Crippen molar-refractivity contribution in [2.24, 2.45) is 9.98 Å². The van der Waals surface area contributed by atoms with Gasteiger partial charge in [-0.3, -0.25) is 0 Å². The van der Waals surface area contributed by atoms with Crippen LogP contribution in [0.25, 0.3) is 0 Å². The summed E-state index contributed by atoms with van der Waals surface area (Å²) < 4.78 is 0. The molecule has 2 amide bonds. The largest absolute Gasteiger partial charge is 0.506 e. The predicted octanol–water partition coefficient (Wildman–Crippen LogP) is 1.43. The summed E-state index contributed by atoms with van der Waals surface area (Å²) in [5.41, 5.74) is 0.976. The van der Waals surface area contributed by atoms with Gasteiger partial charge in [-0.15, -0.1) is 0 Å². The number of carbonyl (C=O) groups excluding carboxylic acids is 1. The molecule has 5 heteroatoms. The minimum absolute atomic E-state index is 0.0253. The molecule has 1 N–H and O–H groups in total. The molecule has 0 aromatic heterocycles. The molecule has 0 saturated carbocycles. The second-order valence-electron chi connectivity index (χ2n) is 5.04. The van der Waals surface area contributed by atoms with E-state index in [1.165, 1.54) is 0 Å². The average Bonchev–Trinajstić information content (AvgIpc) is 2.81. The second-order valence-corrected chi connectivity index (χ2v) is 5.04. The fourth-order valence-electron chi connectivity index (χ4n) is 2.51. The van der Waals surface area contributed by atoms with Crippen LogP contribution in [0.3, 0.4) is 0 Å². The third-order valence-corrected chi connectivity index (χ3v) is 3.41. The molecule has 0 fully saturated rings. The van der Waals surface area contributed by atoms with Crippen molar-refractivity contribution in [1.29, 1.82) is 0 Å². The molecule has 0 radical (unpaired) electrons. The molecule has 0 saturated heterocycles. The smallest absolute Gasteiger partial charge is 0.368 e. The van der Waals surface area contributed by atoms with Crippen LogP contribution in [0.5, 0.6) is 5.75 Å². The average molecular weight is 275 g/mol. The van der Waals surface area contributed by atoms with Crippen LogP contribution in [0, 0.1) is 0 Å². The normalized spacial score (nSPS) is 13.2. The molecule has 0 bridgehead atoms. The van der Waals surface area contributed by atoms with Crippen molar-refractivity contribution in [3.63, 3.8) is 0 Å². The maximum atomic E-state index is 11.3. The van der Waals surface area contributed by atoms with Gasteiger partial charge in [-0.2, -0.15) is 9.98 Å². The monoisotopic (exact) mass is 275 g/mol. The molecule has 20 heavy (non-hydrogen) atoms. The molecule has 1 aliphatic rings. The molecule has 1 aromatic carbocycles. The zero-order valence-electron chi connectivity index (χ0n) is 12.1. The molecule has 2 rings (SSSR count). The van der Waals surface area contributed by atoms with Gasteiger partial charge in [0.25, 0.3) is 0 Å². The van der Waals surface area contributed by atoms with Crippen LogP contribution in [0.4, 0.5) is 4.79 Å². The zero-order chi connectivity index (χ0) is 14.5. The van der Waals surface area contributed by atoms with Gasteiger partial charge in [0.2, 0.25) is 0 Å². The van der Waals surface area contributed by atoms with E-state index >= 15 is 0 Å². The van der Waals surface area contributed by atoms with Crippen molar-refractivity contribution in [2.75, 3.05) is 19.6 Å². The SMILES string of the molecule is CCCN(CCC)CCc1ccc(O)c2c1=NC(=O)N=2. The van der Waals surface area contributed by atoms with Gasteiger partial charge in [-0.1, -0.05) is 19.9 Å². The van der Waals surface area contributed by atoms with Crippen molar-refractivity contribution in [2.45, 2.75) is 33.1 Å². The van der Waals surface area contributed by atoms with Gasteiger partial charge in [0.15, 0.2) is 0 Å².